The van der Waals surface area contributed by atoms with Crippen LogP contribution in [0.4, 0.5) is 0 Å². The van der Waals surface area contributed by atoms with Crippen LogP contribution in [0.15, 0.2) is 29.3 Å². The van der Waals surface area contributed by atoms with Crippen molar-refractivity contribution in [3.05, 3.63) is 35.4 Å². The Morgan fingerprint density at radius 2 is 1.89 bits per heavy atom. The first-order valence-corrected chi connectivity index (χ1v) is 8.82. The number of amides is 2. The van der Waals surface area contributed by atoms with E-state index >= 15 is 0 Å². The number of unbranched alkanes of at least 4 members (excludes halogenated alkanes) is 3. The number of methoxy groups -OCH3 is 1. The fourth-order valence-electron chi connectivity index (χ4n) is 2.19. The highest BCUT2D eigenvalue weighted by Gasteiger charge is 2.10. The third-order valence-corrected chi connectivity index (χ3v) is 3.78. The minimum Gasteiger partial charge on any atom is -0.465 e. The molecule has 1 aromatic carbocycles. The van der Waals surface area contributed by atoms with Crippen molar-refractivity contribution >= 4 is 23.5 Å². The monoisotopic (exact) mass is 370 g/mol. The molecule has 0 aliphatic heterocycles. The molecular weight excluding hydrogens is 344 g/mol. The number of hydrogen-bond donors (Lipinski definition) is 0. The molecule has 0 aromatic heterocycles. The van der Waals surface area contributed by atoms with Crippen LogP contribution >= 0.6 is 0 Å². The maximum absolute atomic E-state index is 12.1. The summed E-state index contributed by atoms with van der Waals surface area (Å²) in [4.78, 5) is 40.2. The topological polar surface area (TPSA) is 76.0 Å². The summed E-state index contributed by atoms with van der Waals surface area (Å²) in [5.41, 5.74) is 1.09. The summed E-state index contributed by atoms with van der Waals surface area (Å²) >= 11 is 0. The van der Waals surface area contributed by atoms with Crippen molar-refractivity contribution in [3.63, 3.8) is 0 Å². The van der Waals surface area contributed by atoms with E-state index in [1.165, 1.54) is 14.0 Å². The third kappa shape index (κ3) is 8.32. The lowest BCUT2D eigenvalue weighted by Gasteiger charge is -2.08. The highest BCUT2D eigenvalue weighted by atomic mass is 16.5. The van der Waals surface area contributed by atoms with Crippen LogP contribution in [0.3, 0.4) is 0 Å². The maximum atomic E-state index is 12.1. The Kier molecular flexibility index (Phi) is 9.52. The second-order valence-electron chi connectivity index (χ2n) is 6.23. The predicted molar refractivity (Wildman–Crippen MR) is 105 cm³/mol. The number of esters is 1. The molecule has 0 bridgehead atoms. The van der Waals surface area contributed by atoms with E-state index in [9.17, 15) is 14.4 Å². The van der Waals surface area contributed by atoms with E-state index in [0.717, 1.165) is 31.2 Å². The van der Waals surface area contributed by atoms with E-state index < -0.39 is 11.9 Å². The molecule has 0 unspecified atom stereocenters. The number of hydrogen-bond acceptors (Lipinski definition) is 4. The summed E-state index contributed by atoms with van der Waals surface area (Å²) < 4.78 is 4.53. The second kappa shape index (κ2) is 11.6. The highest BCUT2D eigenvalue weighted by Crippen LogP contribution is 2.07. The van der Waals surface area contributed by atoms with E-state index in [4.69, 9.17) is 0 Å². The average Bonchev–Trinajstić information content (AvgIpc) is 2.66. The van der Waals surface area contributed by atoms with Crippen molar-refractivity contribution < 1.29 is 19.1 Å². The van der Waals surface area contributed by atoms with Gasteiger partial charge in [-0.2, -0.15) is 0 Å². The van der Waals surface area contributed by atoms with Gasteiger partial charge in [0.1, 0.15) is 5.71 Å². The van der Waals surface area contributed by atoms with Gasteiger partial charge in [0.05, 0.1) is 7.11 Å². The van der Waals surface area contributed by atoms with Gasteiger partial charge in [-0.3, -0.25) is 9.59 Å². The number of carbonyl (C=O) groups excluding carboxylic acids is 3. The summed E-state index contributed by atoms with van der Waals surface area (Å²) in [6.45, 7) is 1.43. The van der Waals surface area contributed by atoms with Crippen LogP contribution in [0, 0.1) is 11.8 Å². The molecule has 144 valence electrons. The number of rotatable bonds is 7. The molecule has 27 heavy (non-hydrogen) atoms. The lowest BCUT2D eigenvalue weighted by atomic mass is 10.1. The van der Waals surface area contributed by atoms with Crippen molar-refractivity contribution in [1.29, 1.82) is 0 Å². The van der Waals surface area contributed by atoms with Gasteiger partial charge in [0.25, 0.3) is 5.91 Å². The molecule has 0 heterocycles. The van der Waals surface area contributed by atoms with Crippen LogP contribution < -0.4 is 0 Å². The standard InChI is InChI=1S/C21H26N2O4/c1-16(21(26)27-4)22-20(25)18-13-10-12-17(15-18)11-8-6-5-7-9-14-19(24)23(2)3/h10,12-13,15H,5-7,9,14H2,1-4H3/b22-16+. The number of carbonyl (C=O) groups is 3. The van der Waals surface area contributed by atoms with Crippen molar-refractivity contribution in [2.24, 2.45) is 4.99 Å². The molecule has 0 N–H and O–H groups in total. The Hall–Kier alpha value is -2.94. The smallest absolute Gasteiger partial charge is 0.352 e. The number of benzene rings is 1. The molecule has 0 saturated heterocycles. The van der Waals surface area contributed by atoms with Gasteiger partial charge in [-0.15, -0.1) is 0 Å². The quantitative estimate of drug-likeness (QED) is 0.320. The molecular formula is C21H26N2O4. The van der Waals surface area contributed by atoms with Crippen molar-refractivity contribution in [2.75, 3.05) is 21.2 Å². The molecule has 1 rings (SSSR count). The SMILES string of the molecule is COC(=O)/C(C)=N/C(=O)c1cccc(C#CCCCCCC(=O)N(C)C)c1. The molecule has 0 atom stereocenters. The fourth-order valence-corrected chi connectivity index (χ4v) is 2.19. The zero-order valence-electron chi connectivity index (χ0n) is 16.4. The molecule has 0 saturated carbocycles. The molecule has 0 spiro atoms. The summed E-state index contributed by atoms with van der Waals surface area (Å²) in [5.74, 6) is 5.11. The average molecular weight is 370 g/mol. The highest BCUT2D eigenvalue weighted by molar-refractivity contribution is 6.37. The van der Waals surface area contributed by atoms with Gasteiger partial charge in [-0.05, 0) is 38.0 Å². The van der Waals surface area contributed by atoms with E-state index in [1.54, 1.807) is 37.2 Å². The van der Waals surface area contributed by atoms with Gasteiger partial charge in [-0.25, -0.2) is 9.79 Å². The van der Waals surface area contributed by atoms with Crippen LogP contribution in [0.1, 0.15) is 54.9 Å². The largest absolute Gasteiger partial charge is 0.465 e. The first kappa shape index (κ1) is 22.1. The molecule has 1 aromatic rings. The van der Waals surface area contributed by atoms with E-state index in [-0.39, 0.29) is 11.6 Å². The summed E-state index contributed by atoms with van der Waals surface area (Å²) in [6, 6.07) is 6.83. The van der Waals surface area contributed by atoms with Gasteiger partial charge in [0, 0.05) is 38.1 Å². The first-order chi connectivity index (χ1) is 12.8. The van der Waals surface area contributed by atoms with Crippen molar-refractivity contribution in [3.8, 4) is 11.8 Å². The molecule has 0 aliphatic rings. The summed E-state index contributed by atoms with van der Waals surface area (Å²) in [6.07, 6.45) is 4.04. The van der Waals surface area contributed by atoms with Crippen LogP contribution in [-0.4, -0.2) is 49.6 Å². The van der Waals surface area contributed by atoms with E-state index in [1.807, 2.05) is 6.07 Å². The van der Waals surface area contributed by atoms with Crippen molar-refractivity contribution in [2.45, 2.75) is 39.0 Å². The predicted octanol–water partition coefficient (Wildman–Crippen LogP) is 2.85. The zero-order chi connectivity index (χ0) is 20.2. The Morgan fingerprint density at radius 1 is 1.15 bits per heavy atom. The normalized spacial score (nSPS) is 10.6. The minimum atomic E-state index is -0.633. The Morgan fingerprint density at radius 3 is 2.56 bits per heavy atom. The number of ether oxygens (including phenoxy) is 1. The Labute approximate surface area is 160 Å². The number of aliphatic imine (C=N–C) groups is 1. The number of nitrogens with zero attached hydrogens (tertiary/aromatic N) is 2. The molecule has 2 amide bonds. The third-order valence-electron chi connectivity index (χ3n) is 3.78. The van der Waals surface area contributed by atoms with Crippen LogP contribution in [0.5, 0.6) is 0 Å². The van der Waals surface area contributed by atoms with Crippen molar-refractivity contribution in [1.82, 2.24) is 4.90 Å². The molecule has 0 fully saturated rings. The van der Waals surface area contributed by atoms with E-state index in [2.05, 4.69) is 21.6 Å². The fraction of sp³-hybridized carbons (Fsp3) is 0.429. The van der Waals surface area contributed by atoms with Gasteiger partial charge < -0.3 is 9.64 Å². The molecule has 0 radical (unpaired) electrons. The first-order valence-electron chi connectivity index (χ1n) is 8.82. The second-order valence-corrected chi connectivity index (χ2v) is 6.23. The van der Waals surface area contributed by atoms with Gasteiger partial charge in [0.15, 0.2) is 0 Å². The minimum absolute atomic E-state index is 0.00624. The Bertz CT molecular complexity index is 770. The summed E-state index contributed by atoms with van der Waals surface area (Å²) in [5, 5.41) is 0. The van der Waals surface area contributed by atoms with Gasteiger partial charge in [0.2, 0.25) is 5.91 Å². The van der Waals surface area contributed by atoms with Gasteiger partial charge in [-0.1, -0.05) is 24.3 Å². The zero-order valence-corrected chi connectivity index (χ0v) is 16.4. The van der Waals surface area contributed by atoms with E-state index in [0.29, 0.717) is 12.0 Å². The Balaban J connectivity index is 2.54. The van der Waals surface area contributed by atoms with Crippen LogP contribution in [0.25, 0.3) is 0 Å². The molecule has 6 nitrogen and oxygen atoms in total. The lowest BCUT2D eigenvalue weighted by molar-refractivity contribution is -0.132. The van der Waals surface area contributed by atoms with Crippen LogP contribution in [-0.2, 0) is 14.3 Å². The van der Waals surface area contributed by atoms with Crippen LogP contribution in [0.2, 0.25) is 0 Å². The lowest BCUT2D eigenvalue weighted by Crippen LogP contribution is -2.20. The molecule has 0 aliphatic carbocycles. The summed E-state index contributed by atoms with van der Waals surface area (Å²) in [7, 11) is 4.76. The van der Waals surface area contributed by atoms with Gasteiger partial charge >= 0.3 is 5.97 Å². The maximum Gasteiger partial charge on any atom is 0.352 e. The molecule has 6 heteroatoms.